The average Bonchev–Trinajstić information content (AvgIpc) is 2.71. The third-order valence-corrected chi connectivity index (χ3v) is 5.68. The van der Waals surface area contributed by atoms with Crippen LogP contribution in [-0.4, -0.2) is 67.1 Å². The van der Waals surface area contributed by atoms with Crippen LogP contribution in [0.5, 0.6) is 5.75 Å². The van der Waals surface area contributed by atoms with E-state index >= 15 is 0 Å². The van der Waals surface area contributed by atoms with Crippen LogP contribution in [0.25, 0.3) is 0 Å². The van der Waals surface area contributed by atoms with E-state index in [1.165, 1.54) is 12.5 Å². The zero-order valence-electron chi connectivity index (χ0n) is 18.4. The molecule has 0 radical (unpaired) electrons. The molecule has 29 heavy (non-hydrogen) atoms. The van der Waals surface area contributed by atoms with Gasteiger partial charge in [-0.25, -0.2) is 0 Å². The molecular formula is C23H36N2O4. The lowest BCUT2D eigenvalue weighted by molar-refractivity contribution is -0.149. The summed E-state index contributed by atoms with van der Waals surface area (Å²) >= 11 is 0. The van der Waals surface area contributed by atoms with Crippen LogP contribution in [0.15, 0.2) is 24.3 Å². The third-order valence-electron chi connectivity index (χ3n) is 5.68. The second-order valence-corrected chi connectivity index (χ2v) is 7.82. The Morgan fingerprint density at radius 3 is 2.41 bits per heavy atom. The Hall–Kier alpha value is -2.08. The highest BCUT2D eigenvalue weighted by molar-refractivity contribution is 5.76. The number of hydrogen-bond donors (Lipinski definition) is 0. The molecule has 0 aromatic heterocycles. The molecule has 0 aliphatic carbocycles. The standard InChI is InChI=1S/C23H36N2O4/c1-5-24(18(2)17-20-8-10-21(28-4)11-9-20)14-6-7-23(27)25-15-12-22(13-16-25)29-19(3)26/h8-11,18,22H,5-7,12-17H2,1-4H3. The van der Waals surface area contributed by atoms with E-state index in [-0.39, 0.29) is 18.0 Å². The number of benzene rings is 1. The SMILES string of the molecule is CCN(CCCC(=O)N1CCC(OC(C)=O)CC1)C(C)Cc1ccc(OC)cc1. The molecule has 1 aromatic rings. The number of piperidine rings is 1. The molecule has 1 heterocycles. The zero-order valence-corrected chi connectivity index (χ0v) is 18.4. The molecule has 0 saturated carbocycles. The number of likely N-dealkylation sites (N-methyl/N-ethyl adjacent to an activating group) is 1. The lowest BCUT2D eigenvalue weighted by atomic mass is 10.0. The first-order valence-electron chi connectivity index (χ1n) is 10.7. The van der Waals surface area contributed by atoms with Crippen molar-refractivity contribution < 1.29 is 19.1 Å². The van der Waals surface area contributed by atoms with Gasteiger partial charge in [-0.15, -0.1) is 0 Å². The van der Waals surface area contributed by atoms with Gasteiger partial charge < -0.3 is 19.3 Å². The predicted octanol–water partition coefficient (Wildman–Crippen LogP) is 3.28. The molecular weight excluding hydrogens is 368 g/mol. The Bertz CT molecular complexity index is 639. The van der Waals surface area contributed by atoms with Gasteiger partial charge in [0.05, 0.1) is 7.11 Å². The highest BCUT2D eigenvalue weighted by atomic mass is 16.5. The monoisotopic (exact) mass is 404 g/mol. The number of rotatable bonds is 10. The number of carbonyl (C=O) groups excluding carboxylic acids is 2. The summed E-state index contributed by atoms with van der Waals surface area (Å²) < 4.78 is 10.5. The van der Waals surface area contributed by atoms with Crippen LogP contribution in [0.4, 0.5) is 0 Å². The maximum absolute atomic E-state index is 12.5. The molecule has 1 amide bonds. The highest BCUT2D eigenvalue weighted by Gasteiger charge is 2.24. The fourth-order valence-corrected chi connectivity index (χ4v) is 3.97. The van der Waals surface area contributed by atoms with Crippen molar-refractivity contribution in [3.05, 3.63) is 29.8 Å². The van der Waals surface area contributed by atoms with Crippen LogP contribution in [0.1, 0.15) is 52.0 Å². The van der Waals surface area contributed by atoms with E-state index in [9.17, 15) is 9.59 Å². The lowest BCUT2D eigenvalue weighted by Crippen LogP contribution is -2.41. The number of methoxy groups -OCH3 is 1. The molecule has 6 heteroatoms. The van der Waals surface area contributed by atoms with Crippen LogP contribution < -0.4 is 4.74 Å². The van der Waals surface area contributed by atoms with Crippen LogP contribution in [0.2, 0.25) is 0 Å². The lowest BCUT2D eigenvalue weighted by Gasteiger charge is -2.32. The fraction of sp³-hybridized carbons (Fsp3) is 0.652. The Balaban J connectivity index is 1.71. The third kappa shape index (κ3) is 7.69. The Morgan fingerprint density at radius 2 is 1.86 bits per heavy atom. The molecule has 1 aliphatic heterocycles. The van der Waals surface area contributed by atoms with Crippen molar-refractivity contribution in [1.82, 2.24) is 9.80 Å². The van der Waals surface area contributed by atoms with Gasteiger partial charge in [-0.05, 0) is 50.6 Å². The van der Waals surface area contributed by atoms with Gasteiger partial charge in [-0.2, -0.15) is 0 Å². The molecule has 6 nitrogen and oxygen atoms in total. The minimum absolute atomic E-state index is 0.0362. The van der Waals surface area contributed by atoms with Gasteiger partial charge in [0, 0.05) is 45.3 Å². The first-order valence-corrected chi connectivity index (χ1v) is 10.7. The summed E-state index contributed by atoms with van der Waals surface area (Å²) in [5.74, 6) is 0.854. The van der Waals surface area contributed by atoms with Gasteiger partial charge >= 0.3 is 5.97 Å². The minimum atomic E-state index is -0.238. The number of likely N-dealkylation sites (tertiary alicyclic amines) is 1. The van der Waals surface area contributed by atoms with Crippen molar-refractivity contribution in [2.45, 2.75) is 65.0 Å². The maximum Gasteiger partial charge on any atom is 0.302 e. The van der Waals surface area contributed by atoms with Crippen molar-refractivity contribution in [3.8, 4) is 5.75 Å². The molecule has 0 spiro atoms. The number of amides is 1. The van der Waals surface area contributed by atoms with Gasteiger partial charge in [0.2, 0.25) is 5.91 Å². The first-order chi connectivity index (χ1) is 13.9. The van der Waals surface area contributed by atoms with Crippen LogP contribution in [0, 0.1) is 0 Å². The molecule has 1 fully saturated rings. The summed E-state index contributed by atoms with van der Waals surface area (Å²) in [6.45, 7) is 9.11. The zero-order chi connectivity index (χ0) is 21.2. The van der Waals surface area contributed by atoms with Gasteiger partial charge in [0.15, 0.2) is 0 Å². The van der Waals surface area contributed by atoms with E-state index in [2.05, 4.69) is 30.9 Å². The molecule has 162 valence electrons. The summed E-state index contributed by atoms with van der Waals surface area (Å²) in [5.41, 5.74) is 1.29. The average molecular weight is 405 g/mol. The predicted molar refractivity (Wildman–Crippen MR) is 114 cm³/mol. The summed E-state index contributed by atoms with van der Waals surface area (Å²) in [6.07, 6.45) is 3.87. The maximum atomic E-state index is 12.5. The Labute approximate surface area is 175 Å². The van der Waals surface area contributed by atoms with Crippen LogP contribution in [0.3, 0.4) is 0 Å². The molecule has 1 aliphatic rings. The molecule has 1 unspecified atom stereocenters. The summed E-state index contributed by atoms with van der Waals surface area (Å²) in [6, 6.07) is 8.66. The van der Waals surface area contributed by atoms with Crippen LogP contribution in [-0.2, 0) is 20.7 Å². The summed E-state index contributed by atoms with van der Waals surface area (Å²) in [7, 11) is 1.68. The molecule has 1 atom stereocenters. The van der Waals surface area contributed by atoms with Crippen molar-refractivity contribution in [2.75, 3.05) is 33.3 Å². The number of hydrogen-bond acceptors (Lipinski definition) is 5. The first kappa shape index (κ1) is 23.2. The number of esters is 1. The number of nitrogens with zero attached hydrogens (tertiary/aromatic N) is 2. The van der Waals surface area contributed by atoms with E-state index in [0.29, 0.717) is 25.6 Å². The van der Waals surface area contributed by atoms with Crippen molar-refractivity contribution in [1.29, 1.82) is 0 Å². The van der Waals surface area contributed by atoms with Crippen molar-refractivity contribution in [2.24, 2.45) is 0 Å². The van der Waals surface area contributed by atoms with Gasteiger partial charge in [0.1, 0.15) is 11.9 Å². The van der Waals surface area contributed by atoms with Crippen molar-refractivity contribution in [3.63, 3.8) is 0 Å². The molecule has 0 N–H and O–H groups in total. The highest BCUT2D eigenvalue weighted by Crippen LogP contribution is 2.17. The largest absolute Gasteiger partial charge is 0.497 e. The second kappa shape index (κ2) is 11.8. The van der Waals surface area contributed by atoms with E-state index in [0.717, 1.165) is 44.5 Å². The smallest absolute Gasteiger partial charge is 0.302 e. The number of carbonyl (C=O) groups is 2. The van der Waals surface area contributed by atoms with Crippen molar-refractivity contribution >= 4 is 11.9 Å². The van der Waals surface area contributed by atoms with Gasteiger partial charge in [0.25, 0.3) is 0 Å². The van der Waals surface area contributed by atoms with Gasteiger partial charge in [-0.3, -0.25) is 9.59 Å². The van der Waals surface area contributed by atoms with Gasteiger partial charge in [-0.1, -0.05) is 19.1 Å². The quantitative estimate of drug-likeness (QED) is 0.560. The minimum Gasteiger partial charge on any atom is -0.497 e. The second-order valence-electron chi connectivity index (χ2n) is 7.82. The van der Waals surface area contributed by atoms with E-state index in [4.69, 9.17) is 9.47 Å². The normalized spacial score (nSPS) is 16.0. The Kier molecular flexibility index (Phi) is 9.45. The molecule has 0 bridgehead atoms. The van der Waals surface area contributed by atoms with Crippen LogP contribution >= 0.6 is 0 Å². The topological polar surface area (TPSA) is 59.1 Å². The summed E-state index contributed by atoms with van der Waals surface area (Å²) in [5, 5.41) is 0. The molecule has 2 rings (SSSR count). The Morgan fingerprint density at radius 1 is 1.21 bits per heavy atom. The fourth-order valence-electron chi connectivity index (χ4n) is 3.97. The molecule has 1 aromatic carbocycles. The molecule has 1 saturated heterocycles. The van der Waals surface area contributed by atoms with E-state index in [1.807, 2.05) is 17.0 Å². The van der Waals surface area contributed by atoms with E-state index in [1.54, 1.807) is 7.11 Å². The van der Waals surface area contributed by atoms with E-state index < -0.39 is 0 Å². The summed E-state index contributed by atoms with van der Waals surface area (Å²) in [4.78, 5) is 27.9. The number of ether oxygens (including phenoxy) is 2.